The van der Waals surface area contributed by atoms with Crippen LogP contribution in [-0.2, 0) is 24.1 Å². The van der Waals surface area contributed by atoms with Crippen LogP contribution in [0.3, 0.4) is 0 Å². The lowest BCUT2D eigenvalue weighted by Crippen LogP contribution is -2.33. The maximum Gasteiger partial charge on any atom is 0.253 e. The lowest BCUT2D eigenvalue weighted by Gasteiger charge is -2.21. The number of hydrogen-bond acceptors (Lipinski definition) is 5. The van der Waals surface area contributed by atoms with Gasteiger partial charge in [0.2, 0.25) is 0 Å². The Morgan fingerprint density at radius 3 is 2.85 bits per heavy atom. The Bertz CT molecular complexity index is 831. The highest BCUT2D eigenvalue weighted by molar-refractivity contribution is 5.94. The number of benzene rings is 1. The molecule has 0 bridgehead atoms. The number of amides is 1. The van der Waals surface area contributed by atoms with Crippen molar-refractivity contribution in [1.82, 2.24) is 19.7 Å². The molecule has 4 heterocycles. The number of carbonyl (C=O) groups is 1. The molecule has 1 aromatic carbocycles. The van der Waals surface area contributed by atoms with Gasteiger partial charge in [0, 0.05) is 50.6 Å². The van der Waals surface area contributed by atoms with E-state index in [-0.39, 0.29) is 5.91 Å². The lowest BCUT2D eigenvalue weighted by atomic mass is 10.00. The second-order valence-corrected chi connectivity index (χ2v) is 7.46. The molecule has 0 spiro atoms. The Labute approximate surface area is 158 Å². The van der Waals surface area contributed by atoms with Gasteiger partial charge < -0.3 is 14.4 Å². The summed E-state index contributed by atoms with van der Waals surface area (Å²) in [5.41, 5.74) is 1.88. The molecular weight excluding hydrogens is 344 g/mol. The lowest BCUT2D eigenvalue weighted by molar-refractivity contribution is 0.0756. The van der Waals surface area contributed by atoms with Crippen LogP contribution in [0.2, 0.25) is 0 Å². The van der Waals surface area contributed by atoms with Crippen LogP contribution >= 0.6 is 0 Å². The van der Waals surface area contributed by atoms with Crippen LogP contribution in [0.15, 0.2) is 18.2 Å². The summed E-state index contributed by atoms with van der Waals surface area (Å²) in [6.07, 6.45) is 3.62. The topological polar surface area (TPSA) is 69.5 Å². The van der Waals surface area contributed by atoms with E-state index in [0.717, 1.165) is 67.4 Å². The van der Waals surface area contributed by atoms with E-state index in [9.17, 15) is 4.79 Å². The van der Waals surface area contributed by atoms with E-state index < -0.39 is 0 Å². The first kappa shape index (κ1) is 16.7. The largest absolute Gasteiger partial charge is 0.493 e. The molecule has 3 aliphatic rings. The van der Waals surface area contributed by atoms with Crippen molar-refractivity contribution in [3.8, 4) is 5.75 Å². The highest BCUT2D eigenvalue weighted by Crippen LogP contribution is 2.27. The van der Waals surface area contributed by atoms with Gasteiger partial charge in [-0.1, -0.05) is 0 Å². The van der Waals surface area contributed by atoms with E-state index in [0.29, 0.717) is 32.2 Å². The second-order valence-electron chi connectivity index (χ2n) is 7.46. The number of ether oxygens (including phenoxy) is 2. The summed E-state index contributed by atoms with van der Waals surface area (Å²) in [7, 11) is 0. The molecule has 1 aromatic heterocycles. The minimum atomic E-state index is 0.0834. The summed E-state index contributed by atoms with van der Waals surface area (Å²) in [6.45, 7) is 4.34. The molecule has 0 atom stereocenters. The molecule has 2 aromatic rings. The summed E-state index contributed by atoms with van der Waals surface area (Å²) >= 11 is 0. The zero-order chi connectivity index (χ0) is 18.2. The fourth-order valence-corrected chi connectivity index (χ4v) is 4.15. The number of aromatic nitrogens is 3. The van der Waals surface area contributed by atoms with Crippen LogP contribution < -0.4 is 4.74 Å². The van der Waals surface area contributed by atoms with E-state index in [1.54, 1.807) is 0 Å². The summed E-state index contributed by atoms with van der Waals surface area (Å²) < 4.78 is 13.0. The number of hydrogen-bond donors (Lipinski definition) is 0. The molecule has 1 amide bonds. The van der Waals surface area contributed by atoms with Gasteiger partial charge in [0.1, 0.15) is 11.6 Å². The Morgan fingerprint density at radius 1 is 1.07 bits per heavy atom. The predicted molar refractivity (Wildman–Crippen MR) is 98.1 cm³/mol. The Balaban J connectivity index is 1.28. The predicted octanol–water partition coefficient (Wildman–Crippen LogP) is 1.81. The molecule has 7 heteroatoms. The molecule has 7 nitrogen and oxygen atoms in total. The molecule has 1 fully saturated rings. The van der Waals surface area contributed by atoms with Crippen LogP contribution in [0.1, 0.15) is 46.3 Å². The van der Waals surface area contributed by atoms with Gasteiger partial charge in [-0.05, 0) is 36.6 Å². The van der Waals surface area contributed by atoms with E-state index in [1.807, 2.05) is 27.8 Å². The molecule has 3 aliphatic heterocycles. The van der Waals surface area contributed by atoms with Gasteiger partial charge in [0.05, 0.1) is 13.2 Å². The number of rotatable bonds is 2. The number of nitrogens with zero attached hydrogens (tertiary/aromatic N) is 4. The minimum absolute atomic E-state index is 0.0834. The zero-order valence-electron chi connectivity index (χ0n) is 15.4. The Hall–Kier alpha value is -2.41. The van der Waals surface area contributed by atoms with Gasteiger partial charge in [-0.25, -0.2) is 9.67 Å². The van der Waals surface area contributed by atoms with Crippen molar-refractivity contribution in [3.63, 3.8) is 0 Å². The fourth-order valence-electron chi connectivity index (χ4n) is 4.15. The fraction of sp³-hybridized carbons (Fsp3) is 0.550. The second kappa shape index (κ2) is 6.96. The molecule has 1 saturated heterocycles. The van der Waals surface area contributed by atoms with Crippen LogP contribution in [0.4, 0.5) is 0 Å². The van der Waals surface area contributed by atoms with Crippen molar-refractivity contribution in [1.29, 1.82) is 0 Å². The number of carbonyl (C=O) groups excluding carboxylic acids is 1. The molecule has 0 aliphatic carbocycles. The Morgan fingerprint density at radius 2 is 1.96 bits per heavy atom. The van der Waals surface area contributed by atoms with E-state index in [2.05, 4.69) is 0 Å². The first-order valence-electron chi connectivity index (χ1n) is 9.84. The van der Waals surface area contributed by atoms with Crippen molar-refractivity contribution in [2.75, 3.05) is 32.9 Å². The van der Waals surface area contributed by atoms with Crippen molar-refractivity contribution in [2.24, 2.45) is 0 Å². The summed E-state index contributed by atoms with van der Waals surface area (Å²) in [4.78, 5) is 19.7. The third-order valence-corrected chi connectivity index (χ3v) is 5.76. The quantitative estimate of drug-likeness (QED) is 0.809. The normalized spacial score (nSPS) is 19.9. The third kappa shape index (κ3) is 3.20. The average Bonchev–Trinajstić information content (AvgIpc) is 3.30. The molecule has 27 heavy (non-hydrogen) atoms. The van der Waals surface area contributed by atoms with Crippen LogP contribution in [0.5, 0.6) is 5.75 Å². The first-order chi connectivity index (χ1) is 13.3. The third-order valence-electron chi connectivity index (χ3n) is 5.76. The van der Waals surface area contributed by atoms with Crippen molar-refractivity contribution in [2.45, 2.75) is 38.1 Å². The van der Waals surface area contributed by atoms with Gasteiger partial charge in [-0.3, -0.25) is 4.79 Å². The van der Waals surface area contributed by atoms with Gasteiger partial charge in [0.15, 0.2) is 5.82 Å². The summed E-state index contributed by atoms with van der Waals surface area (Å²) in [6, 6.07) is 5.77. The smallest absolute Gasteiger partial charge is 0.253 e. The molecule has 0 radical (unpaired) electrons. The maximum atomic E-state index is 13.0. The van der Waals surface area contributed by atoms with E-state index >= 15 is 0 Å². The molecule has 142 valence electrons. The van der Waals surface area contributed by atoms with E-state index in [1.165, 1.54) is 0 Å². The summed E-state index contributed by atoms with van der Waals surface area (Å²) in [5.74, 6) is 3.35. The van der Waals surface area contributed by atoms with Crippen LogP contribution in [0.25, 0.3) is 0 Å². The van der Waals surface area contributed by atoms with Crippen molar-refractivity contribution >= 4 is 5.91 Å². The highest BCUT2D eigenvalue weighted by atomic mass is 16.5. The van der Waals surface area contributed by atoms with Gasteiger partial charge in [-0.2, -0.15) is 5.10 Å². The van der Waals surface area contributed by atoms with Crippen molar-refractivity contribution in [3.05, 3.63) is 41.0 Å². The monoisotopic (exact) mass is 368 g/mol. The molecule has 0 N–H and O–H groups in total. The first-order valence-corrected chi connectivity index (χ1v) is 9.84. The molecule has 0 unspecified atom stereocenters. The van der Waals surface area contributed by atoms with Gasteiger partial charge in [-0.15, -0.1) is 0 Å². The summed E-state index contributed by atoms with van der Waals surface area (Å²) in [5, 5.41) is 4.74. The van der Waals surface area contributed by atoms with Gasteiger partial charge in [0.25, 0.3) is 5.91 Å². The molecular formula is C20H24N4O3. The standard InChI is InChI=1S/C20H24N4O3/c25-20(16-1-2-17-15(13-16)6-12-27-17)23-7-3-18-21-19(22-24(18)9-8-23)14-4-10-26-11-5-14/h1-2,13-14H,3-12H2. The van der Waals surface area contributed by atoms with Crippen molar-refractivity contribution < 1.29 is 14.3 Å². The van der Waals surface area contributed by atoms with Crippen LogP contribution in [0, 0.1) is 0 Å². The average molecular weight is 368 g/mol. The maximum absolute atomic E-state index is 13.0. The van der Waals surface area contributed by atoms with E-state index in [4.69, 9.17) is 19.6 Å². The molecule has 5 rings (SSSR count). The zero-order valence-corrected chi connectivity index (χ0v) is 15.4. The number of fused-ring (bicyclic) bond motifs is 2. The SMILES string of the molecule is O=C(c1ccc2c(c1)CCO2)N1CCc2nc(C3CCOCC3)nn2CC1. The highest BCUT2D eigenvalue weighted by Gasteiger charge is 2.26. The van der Waals surface area contributed by atoms with Gasteiger partial charge >= 0.3 is 0 Å². The molecule has 0 saturated carbocycles. The van der Waals surface area contributed by atoms with Crippen LogP contribution in [-0.4, -0.2) is 58.5 Å². The minimum Gasteiger partial charge on any atom is -0.493 e. The Kier molecular flexibility index (Phi) is 4.32.